The Morgan fingerprint density at radius 2 is 2.42 bits per heavy atom. The average Bonchev–Trinajstić information content (AvgIpc) is 3.06. The van der Waals surface area contributed by atoms with Crippen LogP contribution in [0.15, 0.2) is 22.8 Å². The van der Waals surface area contributed by atoms with Crippen molar-refractivity contribution in [3.63, 3.8) is 0 Å². The van der Waals surface area contributed by atoms with Crippen molar-refractivity contribution >= 4 is 5.91 Å². The highest BCUT2D eigenvalue weighted by molar-refractivity contribution is 5.81. The zero-order valence-corrected chi connectivity index (χ0v) is 11.3. The second-order valence-electron chi connectivity index (χ2n) is 5.17. The molecule has 0 bridgehead atoms. The summed E-state index contributed by atoms with van der Waals surface area (Å²) in [6, 6.07) is 3.62. The summed E-state index contributed by atoms with van der Waals surface area (Å²) in [4.78, 5) is 11.9. The van der Waals surface area contributed by atoms with E-state index in [-0.39, 0.29) is 30.5 Å². The first-order chi connectivity index (χ1) is 9.20. The van der Waals surface area contributed by atoms with E-state index in [1.165, 1.54) is 0 Å². The van der Waals surface area contributed by atoms with Crippen LogP contribution in [-0.4, -0.2) is 29.7 Å². The number of carbonyl (C=O) groups is 1. The van der Waals surface area contributed by atoms with Crippen LogP contribution in [0, 0.1) is 5.92 Å². The van der Waals surface area contributed by atoms with Gasteiger partial charge in [-0.05, 0) is 37.8 Å². The molecule has 1 amide bonds. The quantitative estimate of drug-likeness (QED) is 0.719. The Morgan fingerprint density at radius 1 is 1.58 bits per heavy atom. The first-order valence-electron chi connectivity index (χ1n) is 6.87. The van der Waals surface area contributed by atoms with Crippen LogP contribution in [0.5, 0.6) is 0 Å². The third-order valence-electron chi connectivity index (χ3n) is 3.77. The topological polar surface area (TPSA) is 74.5 Å². The molecular weight excluding hydrogens is 244 g/mol. The maximum absolute atomic E-state index is 11.9. The summed E-state index contributed by atoms with van der Waals surface area (Å²) in [5.74, 6) is 0.981. The van der Waals surface area contributed by atoms with Gasteiger partial charge in [0.15, 0.2) is 0 Å². The van der Waals surface area contributed by atoms with E-state index in [4.69, 9.17) is 4.42 Å². The molecule has 3 unspecified atom stereocenters. The Balaban J connectivity index is 1.75. The van der Waals surface area contributed by atoms with Crippen molar-refractivity contribution in [3.8, 4) is 0 Å². The lowest BCUT2D eigenvalue weighted by Gasteiger charge is -2.23. The average molecular weight is 266 g/mol. The maximum atomic E-state index is 11.9. The van der Waals surface area contributed by atoms with E-state index in [0.717, 1.165) is 25.0 Å². The van der Waals surface area contributed by atoms with Crippen molar-refractivity contribution in [1.29, 1.82) is 0 Å². The third kappa shape index (κ3) is 3.81. The lowest BCUT2D eigenvalue weighted by atomic mass is 10.0. The van der Waals surface area contributed by atoms with Crippen molar-refractivity contribution in [1.82, 2.24) is 10.6 Å². The van der Waals surface area contributed by atoms with Gasteiger partial charge < -0.3 is 20.2 Å². The van der Waals surface area contributed by atoms with Gasteiger partial charge in [0.1, 0.15) is 5.76 Å². The molecule has 1 saturated carbocycles. The van der Waals surface area contributed by atoms with E-state index in [1.807, 2.05) is 13.0 Å². The summed E-state index contributed by atoms with van der Waals surface area (Å²) < 4.78 is 5.16. The molecule has 0 radical (unpaired) electrons. The largest absolute Gasteiger partial charge is 0.467 e. The van der Waals surface area contributed by atoms with Crippen LogP contribution >= 0.6 is 0 Å². The van der Waals surface area contributed by atoms with Crippen molar-refractivity contribution in [2.45, 2.75) is 44.8 Å². The van der Waals surface area contributed by atoms with E-state index < -0.39 is 0 Å². The number of aliphatic hydroxyl groups is 1. The van der Waals surface area contributed by atoms with Crippen molar-refractivity contribution < 1.29 is 14.3 Å². The molecule has 5 nitrogen and oxygen atoms in total. The molecule has 1 aromatic heterocycles. The van der Waals surface area contributed by atoms with E-state index in [2.05, 4.69) is 10.6 Å². The molecule has 0 aromatic carbocycles. The van der Waals surface area contributed by atoms with Crippen molar-refractivity contribution in [2.75, 3.05) is 6.61 Å². The molecule has 1 aromatic rings. The smallest absolute Gasteiger partial charge is 0.237 e. The van der Waals surface area contributed by atoms with Gasteiger partial charge in [0.05, 0.1) is 18.8 Å². The summed E-state index contributed by atoms with van der Waals surface area (Å²) in [6.07, 6.45) is 4.77. The lowest BCUT2D eigenvalue weighted by Crippen LogP contribution is -2.48. The molecule has 0 spiro atoms. The monoisotopic (exact) mass is 266 g/mol. The van der Waals surface area contributed by atoms with Crippen LogP contribution < -0.4 is 10.6 Å². The highest BCUT2D eigenvalue weighted by Crippen LogP contribution is 2.25. The van der Waals surface area contributed by atoms with Gasteiger partial charge in [-0.25, -0.2) is 0 Å². The summed E-state index contributed by atoms with van der Waals surface area (Å²) in [6.45, 7) is 2.45. The maximum Gasteiger partial charge on any atom is 0.237 e. The normalized spacial score (nSPS) is 24.3. The predicted octanol–water partition coefficient (Wildman–Crippen LogP) is 1.03. The van der Waals surface area contributed by atoms with Crippen LogP contribution in [0.2, 0.25) is 0 Å². The second-order valence-corrected chi connectivity index (χ2v) is 5.17. The molecule has 2 rings (SSSR count). The lowest BCUT2D eigenvalue weighted by molar-refractivity contribution is -0.123. The molecule has 1 heterocycles. The molecule has 1 aliphatic carbocycles. The van der Waals surface area contributed by atoms with Crippen molar-refractivity contribution in [3.05, 3.63) is 24.2 Å². The van der Waals surface area contributed by atoms with Crippen LogP contribution in [0.3, 0.4) is 0 Å². The Hall–Kier alpha value is -1.33. The predicted molar refractivity (Wildman–Crippen MR) is 71.4 cm³/mol. The minimum atomic E-state index is -0.257. The molecule has 3 atom stereocenters. The number of aliphatic hydroxyl groups excluding tert-OH is 1. The zero-order chi connectivity index (χ0) is 13.7. The number of amides is 1. The Labute approximate surface area is 113 Å². The minimum Gasteiger partial charge on any atom is -0.467 e. The first-order valence-corrected chi connectivity index (χ1v) is 6.87. The van der Waals surface area contributed by atoms with Gasteiger partial charge in [-0.2, -0.15) is 0 Å². The van der Waals surface area contributed by atoms with Gasteiger partial charge in [0.2, 0.25) is 5.91 Å². The highest BCUT2D eigenvalue weighted by Gasteiger charge is 2.28. The van der Waals surface area contributed by atoms with E-state index >= 15 is 0 Å². The van der Waals surface area contributed by atoms with Gasteiger partial charge in [-0.1, -0.05) is 6.42 Å². The summed E-state index contributed by atoms with van der Waals surface area (Å²) in [5, 5.41) is 15.4. The fraction of sp³-hybridized carbons (Fsp3) is 0.643. The molecule has 19 heavy (non-hydrogen) atoms. The van der Waals surface area contributed by atoms with Crippen LogP contribution in [-0.2, 0) is 11.3 Å². The Kier molecular flexibility index (Phi) is 4.99. The fourth-order valence-electron chi connectivity index (χ4n) is 2.61. The van der Waals surface area contributed by atoms with Crippen LogP contribution in [0.25, 0.3) is 0 Å². The summed E-state index contributed by atoms with van der Waals surface area (Å²) >= 11 is 0. The van der Waals surface area contributed by atoms with Gasteiger partial charge in [-0.15, -0.1) is 0 Å². The highest BCUT2D eigenvalue weighted by atomic mass is 16.3. The summed E-state index contributed by atoms with van der Waals surface area (Å²) in [7, 11) is 0. The van der Waals surface area contributed by atoms with Gasteiger partial charge >= 0.3 is 0 Å². The molecule has 5 heteroatoms. The van der Waals surface area contributed by atoms with Crippen molar-refractivity contribution in [2.24, 2.45) is 5.92 Å². The molecule has 106 valence electrons. The number of furan rings is 1. The molecular formula is C14H22N2O3. The number of carbonyl (C=O) groups excluding carboxylic acids is 1. The van der Waals surface area contributed by atoms with Gasteiger partial charge in [0, 0.05) is 12.6 Å². The zero-order valence-electron chi connectivity index (χ0n) is 11.3. The molecule has 1 fully saturated rings. The number of nitrogens with one attached hydrogen (secondary N) is 2. The fourth-order valence-corrected chi connectivity index (χ4v) is 2.61. The van der Waals surface area contributed by atoms with Crippen LogP contribution in [0.4, 0.5) is 0 Å². The Morgan fingerprint density at radius 3 is 3.11 bits per heavy atom. The first kappa shape index (κ1) is 14.1. The van der Waals surface area contributed by atoms with E-state index in [9.17, 15) is 9.90 Å². The molecule has 0 saturated heterocycles. The van der Waals surface area contributed by atoms with Gasteiger partial charge in [0.25, 0.3) is 0 Å². The molecule has 0 aliphatic heterocycles. The summed E-state index contributed by atoms with van der Waals surface area (Å²) in [5.41, 5.74) is 0. The second kappa shape index (κ2) is 6.73. The van der Waals surface area contributed by atoms with Crippen LogP contribution in [0.1, 0.15) is 31.9 Å². The molecule has 3 N–H and O–H groups in total. The van der Waals surface area contributed by atoms with E-state index in [0.29, 0.717) is 6.54 Å². The van der Waals surface area contributed by atoms with E-state index in [1.54, 1.807) is 12.3 Å². The third-order valence-corrected chi connectivity index (χ3v) is 3.77. The number of hydrogen-bond acceptors (Lipinski definition) is 4. The minimum absolute atomic E-state index is 0.0417. The number of rotatable bonds is 6. The SMILES string of the molecule is CC(NC1CCCC1CO)C(=O)NCc1ccco1. The Bertz CT molecular complexity index is 391. The number of hydrogen-bond donors (Lipinski definition) is 3. The molecule has 1 aliphatic rings. The standard InChI is InChI=1S/C14H22N2O3/c1-10(16-13-6-2-4-11(13)9-17)14(18)15-8-12-5-3-7-19-12/h3,5,7,10-11,13,16-17H,2,4,6,8-9H2,1H3,(H,15,18). The van der Waals surface area contributed by atoms with Gasteiger partial charge in [-0.3, -0.25) is 4.79 Å².